The van der Waals surface area contributed by atoms with Crippen molar-refractivity contribution in [3.63, 3.8) is 0 Å². The van der Waals surface area contributed by atoms with Crippen LogP contribution in [0.5, 0.6) is 5.75 Å². The number of hydrogen-bond acceptors (Lipinski definition) is 4. The van der Waals surface area contributed by atoms with Gasteiger partial charge in [-0.15, -0.1) is 0 Å². The summed E-state index contributed by atoms with van der Waals surface area (Å²) >= 11 is 0. The molecule has 4 aromatic rings. The maximum Gasteiger partial charge on any atom is 0.268 e. The predicted molar refractivity (Wildman–Crippen MR) is 130 cm³/mol. The van der Waals surface area contributed by atoms with E-state index in [2.05, 4.69) is 39.0 Å². The third-order valence-electron chi connectivity index (χ3n) is 6.28. The number of carbonyl (C=O) groups excluding carboxylic acids is 1. The van der Waals surface area contributed by atoms with Crippen molar-refractivity contribution >= 4 is 16.8 Å². The molecule has 180 valence electrons. The molecule has 1 aliphatic rings. The third-order valence-corrected chi connectivity index (χ3v) is 6.28. The summed E-state index contributed by atoms with van der Waals surface area (Å²) in [4.78, 5) is 31.4. The molecule has 35 heavy (non-hydrogen) atoms. The van der Waals surface area contributed by atoms with Gasteiger partial charge in [-0.2, -0.15) is 4.39 Å². The molecular formula is C27H25F2N3O3. The van der Waals surface area contributed by atoms with Crippen molar-refractivity contribution in [3.05, 3.63) is 106 Å². The van der Waals surface area contributed by atoms with Crippen molar-refractivity contribution in [2.45, 2.75) is 31.1 Å². The molecule has 0 saturated heterocycles. The molecule has 5 rings (SSSR count). The van der Waals surface area contributed by atoms with E-state index in [9.17, 15) is 18.4 Å². The minimum atomic E-state index is -0.940. The Hall–Kier alpha value is -4.07. The smallest absolute Gasteiger partial charge is 0.268 e. The van der Waals surface area contributed by atoms with E-state index in [0.29, 0.717) is 17.4 Å². The third kappa shape index (κ3) is 5.21. The zero-order valence-electron chi connectivity index (χ0n) is 19.1. The van der Waals surface area contributed by atoms with Crippen molar-refractivity contribution in [3.8, 4) is 5.75 Å². The Bertz CT molecular complexity index is 1410. The van der Waals surface area contributed by atoms with E-state index in [-0.39, 0.29) is 22.3 Å². The lowest BCUT2D eigenvalue weighted by Gasteiger charge is -2.13. The largest absolute Gasteiger partial charge is 0.494 e. The molecule has 2 heterocycles. The number of nitrogens with one attached hydrogen (secondary N) is 1. The van der Waals surface area contributed by atoms with Gasteiger partial charge in [0.25, 0.3) is 5.91 Å². The van der Waals surface area contributed by atoms with E-state index in [0.717, 1.165) is 31.0 Å². The highest BCUT2D eigenvalue weighted by atomic mass is 19.2. The number of H-pyrrole nitrogens is 1. The van der Waals surface area contributed by atoms with Gasteiger partial charge in [-0.1, -0.05) is 36.4 Å². The van der Waals surface area contributed by atoms with Crippen molar-refractivity contribution in [2.75, 3.05) is 7.11 Å². The molecule has 0 spiro atoms. The molecule has 1 amide bonds. The number of benzene rings is 2. The topological polar surface area (TPSA) is 98.1 Å². The molecule has 1 saturated carbocycles. The van der Waals surface area contributed by atoms with Crippen LogP contribution < -0.4 is 15.9 Å². The summed E-state index contributed by atoms with van der Waals surface area (Å²) in [5.74, 6) is -1.75. The van der Waals surface area contributed by atoms with Crippen LogP contribution >= 0.6 is 0 Å². The van der Waals surface area contributed by atoms with Crippen LogP contribution in [0.3, 0.4) is 0 Å². The summed E-state index contributed by atoms with van der Waals surface area (Å²) in [5, 5.41) is 0.274. The SMILES string of the molecule is COc1cccc(F)c1F.NC(=O)c1nccc2[nH]c([C@H]3CCC(c4ccccc4)C3)cc(=O)c12. The summed E-state index contributed by atoms with van der Waals surface area (Å²) in [7, 11) is 1.29. The molecule has 0 bridgehead atoms. The van der Waals surface area contributed by atoms with Gasteiger partial charge in [-0.3, -0.25) is 14.6 Å². The molecule has 1 fully saturated rings. The van der Waals surface area contributed by atoms with Crippen LogP contribution in [0.4, 0.5) is 8.78 Å². The molecule has 0 aliphatic heterocycles. The number of ether oxygens (including phenoxy) is 1. The number of amides is 1. The first-order valence-corrected chi connectivity index (χ1v) is 11.2. The van der Waals surface area contributed by atoms with Gasteiger partial charge in [-0.05, 0) is 54.9 Å². The van der Waals surface area contributed by atoms with E-state index in [1.807, 2.05) is 6.07 Å². The van der Waals surface area contributed by atoms with E-state index in [1.165, 1.54) is 31.0 Å². The normalized spacial score (nSPS) is 17.0. The Morgan fingerprint density at radius 3 is 2.49 bits per heavy atom. The molecular weight excluding hydrogens is 452 g/mol. The zero-order chi connectivity index (χ0) is 24.9. The number of fused-ring (bicyclic) bond motifs is 1. The first kappa shape index (κ1) is 24.1. The lowest BCUT2D eigenvalue weighted by atomic mass is 9.95. The molecule has 6 nitrogen and oxygen atoms in total. The number of methoxy groups -OCH3 is 1. The summed E-state index contributed by atoms with van der Waals surface area (Å²) in [6.07, 6.45) is 4.66. The van der Waals surface area contributed by atoms with E-state index >= 15 is 0 Å². The number of nitrogens with zero attached hydrogens (tertiary/aromatic N) is 1. The molecule has 3 N–H and O–H groups in total. The number of aromatic amines is 1. The highest BCUT2D eigenvalue weighted by molar-refractivity contribution is 6.03. The Balaban J connectivity index is 0.000000243. The molecule has 2 atom stereocenters. The highest BCUT2D eigenvalue weighted by Crippen LogP contribution is 2.42. The van der Waals surface area contributed by atoms with Crippen LogP contribution in [0.1, 0.15) is 52.8 Å². The van der Waals surface area contributed by atoms with Gasteiger partial charge in [0.05, 0.1) is 18.0 Å². The van der Waals surface area contributed by atoms with Gasteiger partial charge in [0.1, 0.15) is 5.69 Å². The fourth-order valence-electron chi connectivity index (χ4n) is 4.56. The van der Waals surface area contributed by atoms with Crippen LogP contribution in [0.15, 0.2) is 71.7 Å². The summed E-state index contributed by atoms with van der Waals surface area (Å²) in [6, 6.07) is 17.6. The van der Waals surface area contributed by atoms with Crippen molar-refractivity contribution in [1.82, 2.24) is 9.97 Å². The van der Waals surface area contributed by atoms with Gasteiger partial charge >= 0.3 is 0 Å². The van der Waals surface area contributed by atoms with Gasteiger partial charge in [-0.25, -0.2) is 4.39 Å². The summed E-state index contributed by atoms with van der Waals surface area (Å²) < 4.78 is 29.3. The van der Waals surface area contributed by atoms with Crippen LogP contribution in [0.25, 0.3) is 10.9 Å². The maximum atomic E-state index is 12.6. The van der Waals surface area contributed by atoms with Crippen LogP contribution in [0.2, 0.25) is 0 Å². The Morgan fingerprint density at radius 2 is 1.80 bits per heavy atom. The summed E-state index contributed by atoms with van der Waals surface area (Å²) in [6.45, 7) is 0. The number of nitrogens with two attached hydrogens (primary N) is 1. The lowest BCUT2D eigenvalue weighted by Crippen LogP contribution is -2.18. The Morgan fingerprint density at radius 1 is 1.06 bits per heavy atom. The monoisotopic (exact) mass is 477 g/mol. The first-order chi connectivity index (χ1) is 16.9. The molecule has 0 radical (unpaired) electrons. The molecule has 1 unspecified atom stereocenters. The molecule has 8 heteroatoms. The number of aromatic nitrogens is 2. The first-order valence-electron chi connectivity index (χ1n) is 11.2. The second-order valence-electron chi connectivity index (χ2n) is 8.41. The zero-order valence-corrected chi connectivity index (χ0v) is 19.1. The number of primary amides is 1. The Kier molecular flexibility index (Phi) is 7.19. The number of pyridine rings is 2. The number of carbonyl (C=O) groups is 1. The van der Waals surface area contributed by atoms with Crippen molar-refractivity contribution in [1.29, 1.82) is 0 Å². The lowest BCUT2D eigenvalue weighted by molar-refractivity contribution is 0.0997. The second kappa shape index (κ2) is 10.5. The van der Waals surface area contributed by atoms with Gasteiger partial charge in [0.15, 0.2) is 17.0 Å². The van der Waals surface area contributed by atoms with Gasteiger partial charge in [0.2, 0.25) is 5.82 Å². The average Bonchev–Trinajstić information content (AvgIpc) is 3.37. The van der Waals surface area contributed by atoms with E-state index in [1.54, 1.807) is 12.1 Å². The predicted octanol–water partition coefficient (Wildman–Crippen LogP) is 5.05. The summed E-state index contributed by atoms with van der Waals surface area (Å²) in [5.41, 5.74) is 8.07. The number of rotatable bonds is 4. The van der Waals surface area contributed by atoms with Crippen LogP contribution in [0, 0.1) is 11.6 Å². The highest BCUT2D eigenvalue weighted by Gasteiger charge is 2.28. The minimum absolute atomic E-state index is 0.0267. The Labute approximate surface area is 200 Å². The molecule has 2 aromatic heterocycles. The standard InChI is InChI=1S/C20H19N3O2.C7H6F2O/c21-20(25)19-18-15(8-9-22-19)23-16(11-17(18)24)14-7-6-13(10-14)12-4-2-1-3-5-12;1-10-6-4-2-3-5(8)7(6)9/h1-5,8-9,11,13-14H,6-7,10H2,(H2,21,25)(H,23,24);2-4H,1H3/t13?,14-;/m0./s1. The second-order valence-corrected chi connectivity index (χ2v) is 8.41. The van der Waals surface area contributed by atoms with E-state index < -0.39 is 17.5 Å². The minimum Gasteiger partial charge on any atom is -0.494 e. The van der Waals surface area contributed by atoms with Crippen molar-refractivity contribution < 1.29 is 18.3 Å². The molecule has 1 aliphatic carbocycles. The quantitative estimate of drug-likeness (QED) is 0.430. The number of hydrogen-bond donors (Lipinski definition) is 2. The fourth-order valence-corrected chi connectivity index (χ4v) is 4.56. The fraction of sp³-hybridized carbons (Fsp3) is 0.222. The van der Waals surface area contributed by atoms with E-state index in [4.69, 9.17) is 5.73 Å². The van der Waals surface area contributed by atoms with Gasteiger partial charge < -0.3 is 15.5 Å². The maximum absolute atomic E-state index is 12.6. The molecule has 2 aromatic carbocycles. The van der Waals surface area contributed by atoms with Crippen molar-refractivity contribution in [2.24, 2.45) is 5.73 Å². The van der Waals surface area contributed by atoms with Crippen LogP contribution in [-0.4, -0.2) is 23.0 Å². The average molecular weight is 478 g/mol. The van der Waals surface area contributed by atoms with Crippen LogP contribution in [-0.2, 0) is 0 Å². The number of halogens is 2. The van der Waals surface area contributed by atoms with Gasteiger partial charge in [0, 0.05) is 18.0 Å².